The minimum absolute atomic E-state index is 0.359. The van der Waals surface area contributed by atoms with Crippen molar-refractivity contribution in [2.24, 2.45) is 5.73 Å². The third-order valence-electron chi connectivity index (χ3n) is 2.01. The molecule has 0 spiro atoms. The van der Waals surface area contributed by atoms with Gasteiger partial charge in [-0.05, 0) is 18.2 Å². The zero-order valence-corrected chi connectivity index (χ0v) is 8.27. The maximum atomic E-state index is 5.45. The first kappa shape index (κ1) is 9.67. The van der Waals surface area contributed by atoms with Crippen molar-refractivity contribution in [1.82, 2.24) is 15.0 Å². The minimum atomic E-state index is 0.359. The highest BCUT2D eigenvalue weighted by atomic mass is 15.0. The van der Waals surface area contributed by atoms with E-state index in [0.717, 1.165) is 11.5 Å². The van der Waals surface area contributed by atoms with Crippen LogP contribution in [0.25, 0.3) is 0 Å². The molecule has 4 N–H and O–H groups in total. The number of hydrogen-bond donors (Lipinski definition) is 3. The molecule has 0 amide bonds. The SMILES string of the molecule is NCc1nccc(NCc2ccc[nH]2)n1. The molecule has 0 radical (unpaired) electrons. The first-order valence-corrected chi connectivity index (χ1v) is 4.76. The number of nitrogens with two attached hydrogens (primary N) is 1. The van der Waals surface area contributed by atoms with Crippen molar-refractivity contribution in [1.29, 1.82) is 0 Å². The van der Waals surface area contributed by atoms with Crippen LogP contribution in [0.15, 0.2) is 30.6 Å². The fourth-order valence-electron chi connectivity index (χ4n) is 1.26. The second kappa shape index (κ2) is 4.56. The lowest BCUT2D eigenvalue weighted by molar-refractivity contribution is 0.902. The van der Waals surface area contributed by atoms with Crippen LogP contribution in [0.2, 0.25) is 0 Å². The third-order valence-corrected chi connectivity index (χ3v) is 2.01. The summed E-state index contributed by atoms with van der Waals surface area (Å²) in [4.78, 5) is 11.4. The van der Waals surface area contributed by atoms with Crippen molar-refractivity contribution < 1.29 is 0 Å². The molecule has 0 bridgehead atoms. The summed E-state index contributed by atoms with van der Waals surface area (Å²) in [6.45, 7) is 1.08. The molecule has 0 atom stereocenters. The second-order valence-corrected chi connectivity index (χ2v) is 3.11. The Bertz CT molecular complexity index is 410. The minimum Gasteiger partial charge on any atom is -0.364 e. The monoisotopic (exact) mass is 203 g/mol. The summed E-state index contributed by atoms with van der Waals surface area (Å²) in [6.07, 6.45) is 3.59. The van der Waals surface area contributed by atoms with Gasteiger partial charge >= 0.3 is 0 Å². The lowest BCUT2D eigenvalue weighted by atomic mass is 10.4. The molecule has 0 aliphatic carbocycles. The lowest BCUT2D eigenvalue weighted by Crippen LogP contribution is -2.07. The molecule has 2 aromatic heterocycles. The van der Waals surface area contributed by atoms with Crippen LogP contribution in [-0.4, -0.2) is 15.0 Å². The Labute approximate surface area is 87.8 Å². The van der Waals surface area contributed by atoms with Gasteiger partial charge < -0.3 is 16.0 Å². The fraction of sp³-hybridized carbons (Fsp3) is 0.200. The van der Waals surface area contributed by atoms with E-state index in [1.165, 1.54) is 0 Å². The molecule has 5 heteroatoms. The zero-order chi connectivity index (χ0) is 10.5. The van der Waals surface area contributed by atoms with Gasteiger partial charge in [0.15, 0.2) is 0 Å². The van der Waals surface area contributed by atoms with Crippen LogP contribution in [0, 0.1) is 0 Å². The summed E-state index contributed by atoms with van der Waals surface area (Å²) in [5, 5.41) is 3.18. The van der Waals surface area contributed by atoms with Gasteiger partial charge in [0.2, 0.25) is 0 Å². The van der Waals surface area contributed by atoms with Gasteiger partial charge in [0.05, 0.1) is 13.1 Å². The Kier molecular flexibility index (Phi) is 2.94. The van der Waals surface area contributed by atoms with Gasteiger partial charge in [0.25, 0.3) is 0 Å². The van der Waals surface area contributed by atoms with Gasteiger partial charge in [-0.15, -0.1) is 0 Å². The first-order valence-electron chi connectivity index (χ1n) is 4.76. The normalized spacial score (nSPS) is 10.2. The van der Waals surface area contributed by atoms with E-state index in [0.29, 0.717) is 18.9 Å². The molecule has 0 aliphatic rings. The highest BCUT2D eigenvalue weighted by Gasteiger charge is 1.97. The Hall–Kier alpha value is -1.88. The number of hydrogen-bond acceptors (Lipinski definition) is 4. The number of aromatic amines is 1. The van der Waals surface area contributed by atoms with Crippen molar-refractivity contribution >= 4 is 5.82 Å². The van der Waals surface area contributed by atoms with Crippen molar-refractivity contribution in [2.45, 2.75) is 13.1 Å². The maximum Gasteiger partial charge on any atom is 0.144 e. The number of H-pyrrole nitrogens is 1. The average molecular weight is 203 g/mol. The number of nitrogens with one attached hydrogen (secondary N) is 2. The molecule has 15 heavy (non-hydrogen) atoms. The number of nitrogens with zero attached hydrogens (tertiary/aromatic N) is 2. The molecule has 5 nitrogen and oxygen atoms in total. The van der Waals surface area contributed by atoms with E-state index in [1.54, 1.807) is 6.20 Å². The van der Waals surface area contributed by atoms with E-state index >= 15 is 0 Å². The Morgan fingerprint density at radius 1 is 1.40 bits per heavy atom. The molecular formula is C10H13N5. The fourth-order valence-corrected chi connectivity index (χ4v) is 1.26. The van der Waals surface area contributed by atoms with Gasteiger partial charge in [-0.2, -0.15) is 0 Å². The quantitative estimate of drug-likeness (QED) is 0.689. The second-order valence-electron chi connectivity index (χ2n) is 3.11. The molecule has 0 aromatic carbocycles. The summed E-state index contributed by atoms with van der Waals surface area (Å²) < 4.78 is 0. The highest BCUT2D eigenvalue weighted by molar-refractivity contribution is 5.33. The third kappa shape index (κ3) is 2.54. The number of anilines is 1. The van der Waals surface area contributed by atoms with Crippen molar-refractivity contribution in [2.75, 3.05) is 5.32 Å². The maximum absolute atomic E-state index is 5.45. The van der Waals surface area contributed by atoms with Crippen LogP contribution in [0.1, 0.15) is 11.5 Å². The standard InChI is InChI=1S/C10H13N5/c11-6-10-13-5-3-9(15-10)14-7-8-2-1-4-12-8/h1-5,12H,6-7,11H2,(H,13,14,15). The first-order chi connectivity index (χ1) is 7.38. The van der Waals surface area contributed by atoms with Crippen molar-refractivity contribution in [3.8, 4) is 0 Å². The van der Waals surface area contributed by atoms with E-state index in [-0.39, 0.29) is 0 Å². The van der Waals surface area contributed by atoms with Crippen LogP contribution in [0.5, 0.6) is 0 Å². The van der Waals surface area contributed by atoms with Crippen LogP contribution in [0.4, 0.5) is 5.82 Å². The average Bonchev–Trinajstić information content (AvgIpc) is 2.79. The lowest BCUT2D eigenvalue weighted by Gasteiger charge is -2.04. The molecule has 2 rings (SSSR count). The van der Waals surface area contributed by atoms with Crippen molar-refractivity contribution in [3.05, 3.63) is 42.1 Å². The van der Waals surface area contributed by atoms with E-state index in [9.17, 15) is 0 Å². The molecule has 0 fully saturated rings. The summed E-state index contributed by atoms with van der Waals surface area (Å²) in [7, 11) is 0. The smallest absolute Gasteiger partial charge is 0.144 e. The Morgan fingerprint density at radius 3 is 3.07 bits per heavy atom. The molecule has 78 valence electrons. The predicted molar refractivity (Wildman–Crippen MR) is 58.0 cm³/mol. The largest absolute Gasteiger partial charge is 0.364 e. The zero-order valence-electron chi connectivity index (χ0n) is 8.27. The van der Waals surface area contributed by atoms with E-state index in [2.05, 4.69) is 20.3 Å². The van der Waals surface area contributed by atoms with Gasteiger partial charge in [-0.1, -0.05) is 0 Å². The molecule has 0 unspecified atom stereocenters. The van der Waals surface area contributed by atoms with Crippen LogP contribution in [0.3, 0.4) is 0 Å². The van der Waals surface area contributed by atoms with Gasteiger partial charge in [-0.25, -0.2) is 9.97 Å². The van der Waals surface area contributed by atoms with E-state index in [1.807, 2.05) is 24.4 Å². The van der Waals surface area contributed by atoms with Gasteiger partial charge in [-0.3, -0.25) is 0 Å². The summed E-state index contributed by atoms with van der Waals surface area (Å²) in [5.74, 6) is 1.44. The highest BCUT2D eigenvalue weighted by Crippen LogP contribution is 2.04. The number of rotatable bonds is 4. The molecule has 2 heterocycles. The topological polar surface area (TPSA) is 79.6 Å². The summed E-state index contributed by atoms with van der Waals surface area (Å²) >= 11 is 0. The van der Waals surface area contributed by atoms with Crippen LogP contribution < -0.4 is 11.1 Å². The van der Waals surface area contributed by atoms with E-state index in [4.69, 9.17) is 5.73 Å². The predicted octanol–water partition coefficient (Wildman–Crippen LogP) is 0.875. The molecular weight excluding hydrogens is 190 g/mol. The molecule has 2 aromatic rings. The van der Waals surface area contributed by atoms with Crippen LogP contribution >= 0.6 is 0 Å². The Balaban J connectivity index is 1.98. The van der Waals surface area contributed by atoms with Gasteiger partial charge in [0.1, 0.15) is 11.6 Å². The summed E-state index contributed by atoms with van der Waals surface area (Å²) in [5.41, 5.74) is 6.56. The molecule has 0 saturated carbocycles. The van der Waals surface area contributed by atoms with Gasteiger partial charge in [0, 0.05) is 18.1 Å². The molecule has 0 aliphatic heterocycles. The Morgan fingerprint density at radius 2 is 2.33 bits per heavy atom. The number of aromatic nitrogens is 3. The van der Waals surface area contributed by atoms with E-state index < -0.39 is 0 Å². The van der Waals surface area contributed by atoms with Crippen LogP contribution in [-0.2, 0) is 13.1 Å². The van der Waals surface area contributed by atoms with Crippen molar-refractivity contribution in [3.63, 3.8) is 0 Å². The molecule has 0 saturated heterocycles. The summed E-state index contributed by atoms with van der Waals surface area (Å²) in [6, 6.07) is 5.79.